The summed E-state index contributed by atoms with van der Waals surface area (Å²) in [5.41, 5.74) is 2.33. The summed E-state index contributed by atoms with van der Waals surface area (Å²) in [6.07, 6.45) is 0.0713. The van der Waals surface area contributed by atoms with Gasteiger partial charge >= 0.3 is 4.83 Å². The van der Waals surface area contributed by atoms with Gasteiger partial charge in [0.1, 0.15) is 0 Å². The molecule has 0 saturated carbocycles. The quantitative estimate of drug-likeness (QED) is 0.849. The molecular formula is C12H14BrF2NO. The molecule has 0 aromatic heterocycles. The van der Waals surface area contributed by atoms with Crippen LogP contribution in [-0.2, 0) is 6.42 Å². The van der Waals surface area contributed by atoms with Crippen LogP contribution in [0.4, 0.5) is 14.5 Å². The van der Waals surface area contributed by atoms with Crippen molar-refractivity contribution in [2.45, 2.75) is 23.8 Å². The number of aryl methyl sites for hydroxylation is 1. The Morgan fingerprint density at radius 1 is 1.47 bits per heavy atom. The molecule has 0 fully saturated rings. The summed E-state index contributed by atoms with van der Waals surface area (Å²) in [7, 11) is 1.98. The minimum Gasteiger partial charge on any atom is -0.381 e. The van der Waals surface area contributed by atoms with Crippen molar-refractivity contribution in [3.8, 4) is 0 Å². The first-order valence-electron chi connectivity index (χ1n) is 5.48. The van der Waals surface area contributed by atoms with Gasteiger partial charge in [-0.15, -0.1) is 0 Å². The largest absolute Gasteiger partial charge is 0.381 e. The predicted molar refractivity (Wildman–Crippen MR) is 66.9 cm³/mol. The summed E-state index contributed by atoms with van der Waals surface area (Å²) < 4.78 is 25.9. The molecular weight excluding hydrogens is 292 g/mol. The van der Waals surface area contributed by atoms with E-state index < -0.39 is 10.9 Å². The number of hydrogen-bond donors (Lipinski definition) is 1. The van der Waals surface area contributed by atoms with Gasteiger partial charge in [0, 0.05) is 19.3 Å². The fourth-order valence-corrected chi connectivity index (χ4v) is 2.43. The Bertz CT molecular complexity index is 419. The normalized spacial score (nSPS) is 17.8. The Kier molecular flexibility index (Phi) is 3.41. The van der Waals surface area contributed by atoms with E-state index in [1.807, 2.05) is 7.05 Å². The molecule has 0 bridgehead atoms. The molecule has 1 atom stereocenters. The molecule has 1 aliphatic rings. The van der Waals surface area contributed by atoms with E-state index in [0.29, 0.717) is 0 Å². The molecule has 94 valence electrons. The van der Waals surface area contributed by atoms with E-state index in [1.54, 1.807) is 18.2 Å². The summed E-state index contributed by atoms with van der Waals surface area (Å²) >= 11 is 2.19. The summed E-state index contributed by atoms with van der Waals surface area (Å²) in [4.78, 5) is -1.19. The topological polar surface area (TPSA) is 23.5 Å². The molecule has 0 amide bonds. The second-order valence-electron chi connectivity index (χ2n) is 4.36. The summed E-state index contributed by atoms with van der Waals surface area (Å²) in [6, 6.07) is 5.02. The van der Waals surface area contributed by atoms with Crippen molar-refractivity contribution >= 4 is 21.6 Å². The van der Waals surface area contributed by atoms with Gasteiger partial charge in [0.15, 0.2) is 6.10 Å². The Labute approximate surface area is 107 Å². The van der Waals surface area contributed by atoms with Crippen molar-refractivity contribution in [1.82, 2.24) is 0 Å². The van der Waals surface area contributed by atoms with Gasteiger partial charge in [-0.2, -0.15) is 8.78 Å². The van der Waals surface area contributed by atoms with Crippen LogP contribution >= 0.6 is 15.9 Å². The zero-order valence-corrected chi connectivity index (χ0v) is 11.0. The molecule has 1 aromatic carbocycles. The number of fused-ring (bicyclic) bond motifs is 1. The van der Waals surface area contributed by atoms with Crippen molar-refractivity contribution < 1.29 is 13.9 Å². The van der Waals surface area contributed by atoms with Crippen molar-refractivity contribution in [1.29, 1.82) is 0 Å². The third-order valence-corrected chi connectivity index (χ3v) is 3.51. The summed E-state index contributed by atoms with van der Waals surface area (Å²) in [5.74, 6) is 0. The number of hydrogen-bond acceptors (Lipinski definition) is 2. The summed E-state index contributed by atoms with van der Waals surface area (Å²) in [5, 5.41) is 9.51. The van der Waals surface area contributed by atoms with Crippen LogP contribution in [0.2, 0.25) is 0 Å². The van der Waals surface area contributed by atoms with E-state index in [1.165, 1.54) is 0 Å². The van der Waals surface area contributed by atoms with E-state index in [9.17, 15) is 13.9 Å². The van der Waals surface area contributed by atoms with Crippen LogP contribution in [0.1, 0.15) is 23.7 Å². The number of nitrogens with zero attached hydrogens (tertiary/aromatic N) is 1. The zero-order valence-electron chi connectivity index (χ0n) is 9.46. The fourth-order valence-electron chi connectivity index (χ4n) is 2.16. The molecule has 1 aliphatic heterocycles. The second-order valence-corrected chi connectivity index (χ2v) is 5.41. The minimum absolute atomic E-state index is 0.251. The molecule has 1 N–H and O–H groups in total. The first-order chi connectivity index (χ1) is 7.89. The van der Waals surface area contributed by atoms with Gasteiger partial charge in [-0.3, -0.25) is 0 Å². The van der Waals surface area contributed by atoms with Crippen LogP contribution in [0.5, 0.6) is 0 Å². The highest BCUT2D eigenvalue weighted by atomic mass is 79.9. The van der Waals surface area contributed by atoms with Crippen LogP contribution in [0.25, 0.3) is 0 Å². The van der Waals surface area contributed by atoms with Crippen molar-refractivity contribution in [3.05, 3.63) is 29.3 Å². The van der Waals surface area contributed by atoms with Crippen LogP contribution in [0, 0.1) is 0 Å². The SMILES string of the molecule is CN1CCCc2cc(C(O)C(F)(F)Br)ccc21. The lowest BCUT2D eigenvalue weighted by Crippen LogP contribution is -2.25. The van der Waals surface area contributed by atoms with E-state index in [-0.39, 0.29) is 5.56 Å². The molecule has 17 heavy (non-hydrogen) atoms. The Morgan fingerprint density at radius 2 is 2.18 bits per heavy atom. The molecule has 0 spiro atoms. The smallest absolute Gasteiger partial charge is 0.330 e. The van der Waals surface area contributed by atoms with Crippen LogP contribution < -0.4 is 4.90 Å². The average Bonchev–Trinajstić information content (AvgIpc) is 2.26. The second kappa shape index (κ2) is 4.53. The standard InChI is InChI=1S/C12H14BrF2NO/c1-16-6-2-3-8-7-9(4-5-10(8)16)11(17)12(13,14)15/h4-5,7,11,17H,2-3,6H2,1H3. The van der Waals surface area contributed by atoms with E-state index >= 15 is 0 Å². The third kappa shape index (κ3) is 2.60. The number of benzene rings is 1. The first kappa shape index (κ1) is 12.8. The maximum absolute atomic E-state index is 13.0. The third-order valence-electron chi connectivity index (χ3n) is 3.08. The van der Waals surface area contributed by atoms with Gasteiger partial charge in [-0.25, -0.2) is 0 Å². The van der Waals surface area contributed by atoms with Gasteiger partial charge < -0.3 is 10.0 Å². The van der Waals surface area contributed by atoms with Crippen molar-refractivity contribution in [3.63, 3.8) is 0 Å². The monoisotopic (exact) mass is 305 g/mol. The molecule has 0 aliphatic carbocycles. The molecule has 1 aromatic rings. The number of anilines is 1. The van der Waals surface area contributed by atoms with Gasteiger partial charge in [-0.05, 0) is 46.0 Å². The lowest BCUT2D eigenvalue weighted by molar-refractivity contribution is -0.0294. The number of halogens is 3. The Balaban J connectivity index is 2.34. The number of aliphatic hydroxyl groups is 1. The summed E-state index contributed by atoms with van der Waals surface area (Å²) in [6.45, 7) is 0.976. The molecule has 0 saturated heterocycles. The van der Waals surface area contributed by atoms with Crippen LogP contribution in [0.3, 0.4) is 0 Å². The lowest BCUT2D eigenvalue weighted by Gasteiger charge is -2.28. The van der Waals surface area contributed by atoms with Crippen molar-refractivity contribution in [2.75, 3.05) is 18.5 Å². The molecule has 2 rings (SSSR count). The highest BCUT2D eigenvalue weighted by Gasteiger charge is 2.36. The van der Waals surface area contributed by atoms with Crippen molar-refractivity contribution in [2.24, 2.45) is 0 Å². The van der Waals surface area contributed by atoms with Gasteiger partial charge in [-0.1, -0.05) is 12.1 Å². The van der Waals surface area contributed by atoms with Gasteiger partial charge in [0.2, 0.25) is 0 Å². The van der Waals surface area contributed by atoms with E-state index in [2.05, 4.69) is 20.8 Å². The van der Waals surface area contributed by atoms with E-state index in [4.69, 9.17) is 0 Å². The molecule has 0 radical (unpaired) electrons. The Morgan fingerprint density at radius 3 is 2.82 bits per heavy atom. The van der Waals surface area contributed by atoms with Crippen LogP contribution in [0.15, 0.2) is 18.2 Å². The van der Waals surface area contributed by atoms with Crippen LogP contribution in [-0.4, -0.2) is 23.5 Å². The highest BCUT2D eigenvalue weighted by Crippen LogP contribution is 2.38. The molecule has 2 nitrogen and oxygen atoms in total. The molecule has 1 unspecified atom stereocenters. The maximum Gasteiger partial charge on any atom is 0.330 e. The average molecular weight is 306 g/mol. The minimum atomic E-state index is -3.29. The maximum atomic E-state index is 13.0. The predicted octanol–water partition coefficient (Wildman–Crippen LogP) is 3.09. The zero-order chi connectivity index (χ0) is 12.6. The molecule has 5 heteroatoms. The number of rotatable bonds is 2. The highest BCUT2D eigenvalue weighted by molar-refractivity contribution is 9.10. The fraction of sp³-hybridized carbons (Fsp3) is 0.500. The first-order valence-corrected chi connectivity index (χ1v) is 6.27. The van der Waals surface area contributed by atoms with Gasteiger partial charge in [0.05, 0.1) is 0 Å². The molecule has 1 heterocycles. The van der Waals surface area contributed by atoms with E-state index in [0.717, 1.165) is 30.6 Å². The lowest BCUT2D eigenvalue weighted by atomic mass is 9.97. The Hall–Kier alpha value is -0.680. The number of alkyl halides is 3. The number of aliphatic hydroxyl groups excluding tert-OH is 1. The van der Waals surface area contributed by atoms with Gasteiger partial charge in [0.25, 0.3) is 0 Å².